The van der Waals surface area contributed by atoms with Crippen LogP contribution in [0.5, 0.6) is 0 Å². The number of rotatable bonds is 13. The van der Waals surface area contributed by atoms with E-state index in [-0.39, 0.29) is 8.85 Å². The third-order valence-electron chi connectivity index (χ3n) is 4.43. The summed E-state index contributed by atoms with van der Waals surface area (Å²) in [5, 5.41) is 0. The van der Waals surface area contributed by atoms with Crippen molar-refractivity contribution in [2.24, 2.45) is 0 Å². The molecule has 0 saturated carbocycles. The second-order valence-corrected chi connectivity index (χ2v) is 12.2. The summed E-state index contributed by atoms with van der Waals surface area (Å²) in [6.07, 6.45) is 2.57. The Morgan fingerprint density at radius 2 is 1.04 bits per heavy atom. The summed E-state index contributed by atoms with van der Waals surface area (Å²) in [7, 11) is 1.05. The molecule has 0 aromatic carbocycles. The van der Waals surface area contributed by atoms with Gasteiger partial charge in [0, 0.05) is 8.10 Å². The van der Waals surface area contributed by atoms with Crippen molar-refractivity contribution < 1.29 is 1.43 Å². The predicted octanol–water partition coefficient (Wildman–Crippen LogP) is 3.51. The highest BCUT2D eigenvalue weighted by Crippen LogP contribution is 2.09. The molecular formula is C18H48N4Si. The number of hydrogen-bond acceptors (Lipinski definition) is 4. The van der Waals surface area contributed by atoms with Crippen LogP contribution in [0.2, 0.25) is 13.1 Å². The lowest BCUT2D eigenvalue weighted by Gasteiger charge is -2.37. The summed E-state index contributed by atoms with van der Waals surface area (Å²) in [6, 6.07) is 0. The molecule has 0 N–H and O–H groups in total. The van der Waals surface area contributed by atoms with Gasteiger partial charge in [-0.3, -0.25) is 19.6 Å². The lowest BCUT2D eigenvalue weighted by Crippen LogP contribution is -2.53. The summed E-state index contributed by atoms with van der Waals surface area (Å²) in [5.41, 5.74) is 0. The van der Waals surface area contributed by atoms with Crippen LogP contribution >= 0.6 is 0 Å². The molecule has 0 saturated heterocycles. The summed E-state index contributed by atoms with van der Waals surface area (Å²) >= 11 is 0. The summed E-state index contributed by atoms with van der Waals surface area (Å²) in [6.45, 7) is 24.4. The van der Waals surface area contributed by atoms with Crippen molar-refractivity contribution in [3.05, 3.63) is 0 Å². The molecule has 0 aliphatic rings. The molecule has 0 aromatic rings. The third-order valence-corrected chi connectivity index (χ3v) is 7.13. The fourth-order valence-corrected chi connectivity index (χ4v) is 6.36. The molecule has 23 heavy (non-hydrogen) atoms. The van der Waals surface area contributed by atoms with Crippen LogP contribution in [0.1, 0.15) is 43.5 Å². The molecule has 0 fully saturated rings. The maximum absolute atomic E-state index is 2.64. The lowest BCUT2D eigenvalue weighted by atomic mass is 10.5. The first kappa shape index (κ1) is 25.3. The van der Waals surface area contributed by atoms with Gasteiger partial charge in [-0.25, -0.2) is 0 Å². The second-order valence-electron chi connectivity index (χ2n) is 7.21. The zero-order valence-electron chi connectivity index (χ0n) is 16.7. The Morgan fingerprint density at radius 3 is 1.43 bits per heavy atom. The van der Waals surface area contributed by atoms with E-state index in [1.807, 2.05) is 0 Å². The number of hydrogen-bond donors (Lipinski definition) is 0. The maximum Gasteiger partial charge on any atom is 0.0780 e. The first-order chi connectivity index (χ1) is 10.3. The van der Waals surface area contributed by atoms with Gasteiger partial charge in [0.15, 0.2) is 0 Å². The highest BCUT2D eigenvalue weighted by atomic mass is 28.3. The minimum Gasteiger partial charge on any atom is -0.296 e. The molecular weight excluding hydrogens is 300 g/mol. The molecule has 5 heteroatoms. The fraction of sp³-hybridized carbons (Fsp3) is 1.00. The molecule has 0 aliphatic heterocycles. The van der Waals surface area contributed by atoms with Crippen LogP contribution < -0.4 is 0 Å². The van der Waals surface area contributed by atoms with Gasteiger partial charge >= 0.3 is 0 Å². The average molecular weight is 350 g/mol. The highest BCUT2D eigenvalue weighted by Gasteiger charge is 2.26. The average Bonchev–Trinajstić information content (AvgIpc) is 2.48. The van der Waals surface area contributed by atoms with E-state index in [4.69, 9.17) is 0 Å². The first-order valence-electron chi connectivity index (χ1n) is 9.17. The molecule has 0 aliphatic carbocycles. The zero-order chi connectivity index (χ0) is 17.2. The Balaban J connectivity index is -0.00000220. The topological polar surface area (TPSA) is 13.0 Å². The maximum atomic E-state index is 2.64. The zero-order valence-corrected chi connectivity index (χ0v) is 17.7. The normalized spacial score (nSPS) is 12.5. The summed E-state index contributed by atoms with van der Waals surface area (Å²) < 4.78 is 0. The van der Waals surface area contributed by atoms with Crippen LogP contribution in [0.15, 0.2) is 0 Å². The van der Waals surface area contributed by atoms with E-state index >= 15 is 0 Å². The third kappa shape index (κ3) is 11.3. The Morgan fingerprint density at radius 1 is 0.652 bits per heavy atom. The van der Waals surface area contributed by atoms with Crippen molar-refractivity contribution in [2.45, 2.75) is 55.1 Å². The summed E-state index contributed by atoms with van der Waals surface area (Å²) in [5.74, 6) is 0. The quantitative estimate of drug-likeness (QED) is 0.372. The largest absolute Gasteiger partial charge is 0.296 e. The van der Waals surface area contributed by atoms with Crippen molar-refractivity contribution in [1.29, 1.82) is 0 Å². The summed E-state index contributed by atoms with van der Waals surface area (Å²) in [4.78, 5) is 10.2. The molecule has 0 spiro atoms. The first-order valence-corrected chi connectivity index (χ1v) is 12.6. The Labute approximate surface area is 150 Å². The molecule has 0 radical (unpaired) electrons. The minimum absolute atomic E-state index is 0. The van der Waals surface area contributed by atoms with E-state index in [1.54, 1.807) is 0 Å². The van der Waals surface area contributed by atoms with Crippen LogP contribution in [0.4, 0.5) is 0 Å². The van der Waals surface area contributed by atoms with Crippen molar-refractivity contribution in [1.82, 2.24) is 19.6 Å². The van der Waals surface area contributed by atoms with Gasteiger partial charge in [-0.15, -0.1) is 0 Å². The van der Waals surface area contributed by atoms with Crippen molar-refractivity contribution in [2.75, 3.05) is 65.4 Å². The molecule has 0 aromatic heterocycles. The van der Waals surface area contributed by atoms with Gasteiger partial charge < -0.3 is 0 Å². The standard InChI is InChI=1S/C17H42N4Si.CH4.H2/c1-9-19(10-2)14-18(6)16-22(7,8)17-21(13-5)15-20(11-3)12-4;;/h9-17H2,1-8H3;1H4;1H/i;;1+1. The van der Waals surface area contributed by atoms with Crippen LogP contribution in [0.3, 0.4) is 0 Å². The van der Waals surface area contributed by atoms with E-state index in [9.17, 15) is 0 Å². The van der Waals surface area contributed by atoms with Crippen LogP contribution in [-0.2, 0) is 0 Å². The molecule has 0 amide bonds. The van der Waals surface area contributed by atoms with Gasteiger partial charge in [-0.1, -0.05) is 55.1 Å². The van der Waals surface area contributed by atoms with E-state index in [2.05, 4.69) is 74.4 Å². The van der Waals surface area contributed by atoms with Crippen molar-refractivity contribution >= 4 is 8.07 Å². The van der Waals surface area contributed by atoms with E-state index < -0.39 is 8.07 Å². The van der Waals surface area contributed by atoms with Crippen molar-refractivity contribution in [3.8, 4) is 0 Å². The Hall–Kier alpha value is 0.0569. The molecule has 0 bridgehead atoms. The van der Waals surface area contributed by atoms with Crippen LogP contribution in [0, 0.1) is 0 Å². The fourth-order valence-electron chi connectivity index (χ4n) is 3.17. The lowest BCUT2D eigenvalue weighted by molar-refractivity contribution is 0.159. The van der Waals surface area contributed by atoms with Gasteiger partial charge in [-0.2, -0.15) is 0 Å². The number of nitrogens with zero attached hydrogens (tertiary/aromatic N) is 4. The molecule has 0 heterocycles. The minimum atomic E-state index is -1.24. The van der Waals surface area contributed by atoms with Crippen LogP contribution in [0.25, 0.3) is 0 Å². The smallest absolute Gasteiger partial charge is 0.0780 e. The Kier molecular flexibility index (Phi) is 14.7. The molecule has 4 nitrogen and oxygen atoms in total. The van der Waals surface area contributed by atoms with E-state index in [0.717, 1.165) is 46.1 Å². The second kappa shape index (κ2) is 13.4. The SMILES string of the molecule is C.CCN(CC)CN(C)C[Si](C)(C)CN(CC)CN(CC)CC.[2HH]. The van der Waals surface area contributed by atoms with E-state index in [0.29, 0.717) is 0 Å². The highest BCUT2D eigenvalue weighted by molar-refractivity contribution is 6.77. The Bertz CT molecular complexity index is 272. The van der Waals surface area contributed by atoms with Crippen LogP contribution in [-0.4, -0.2) is 93.1 Å². The molecule has 0 unspecified atom stereocenters. The molecule has 0 rings (SSSR count). The monoisotopic (exact) mass is 349 g/mol. The molecule has 0 atom stereocenters. The van der Waals surface area contributed by atoms with E-state index in [1.165, 1.54) is 12.3 Å². The van der Waals surface area contributed by atoms with Gasteiger partial charge in [0.1, 0.15) is 0 Å². The molecule has 144 valence electrons. The van der Waals surface area contributed by atoms with Gasteiger partial charge in [0.25, 0.3) is 0 Å². The van der Waals surface area contributed by atoms with Crippen molar-refractivity contribution in [3.63, 3.8) is 0 Å². The van der Waals surface area contributed by atoms with Gasteiger partial charge in [-0.05, 0) is 52.1 Å². The van der Waals surface area contributed by atoms with Gasteiger partial charge in [0.2, 0.25) is 0 Å². The predicted molar refractivity (Wildman–Crippen MR) is 112 cm³/mol. The van der Waals surface area contributed by atoms with Gasteiger partial charge in [0.05, 0.1) is 14.7 Å².